The van der Waals surface area contributed by atoms with Crippen LogP contribution in [0.15, 0.2) is 59.3 Å². The van der Waals surface area contributed by atoms with Crippen molar-refractivity contribution < 1.29 is 19.4 Å². The highest BCUT2D eigenvalue weighted by Gasteiger charge is 2.33. The predicted octanol–water partition coefficient (Wildman–Crippen LogP) is 2.44. The minimum absolute atomic E-state index is 0.0708. The van der Waals surface area contributed by atoms with Gasteiger partial charge in [0.15, 0.2) is 0 Å². The smallest absolute Gasteiger partial charge is 0.303 e. The second-order valence-corrected chi connectivity index (χ2v) is 6.64. The van der Waals surface area contributed by atoms with Gasteiger partial charge in [-0.2, -0.15) is 0 Å². The van der Waals surface area contributed by atoms with Gasteiger partial charge in [0.2, 0.25) is 0 Å². The largest absolute Gasteiger partial charge is 0.498 e. The second-order valence-electron chi connectivity index (χ2n) is 6.64. The van der Waals surface area contributed by atoms with E-state index in [1.807, 2.05) is 48.5 Å². The van der Waals surface area contributed by atoms with Crippen molar-refractivity contribution in [2.75, 3.05) is 25.6 Å². The lowest BCUT2D eigenvalue weighted by atomic mass is 10.0. The number of hydrogen-bond acceptors (Lipinski definition) is 4. The van der Waals surface area contributed by atoms with E-state index in [-0.39, 0.29) is 12.3 Å². The van der Waals surface area contributed by atoms with E-state index < -0.39 is 5.97 Å². The third-order valence-corrected chi connectivity index (χ3v) is 4.87. The van der Waals surface area contributed by atoms with Gasteiger partial charge in [-0.1, -0.05) is 24.3 Å². The van der Waals surface area contributed by atoms with Gasteiger partial charge in [-0.05, 0) is 41.8 Å². The Balaban J connectivity index is 1.83. The molecule has 1 aliphatic heterocycles. The molecule has 2 aromatic carbocycles. The number of carbonyl (C=O) groups excluding carboxylic acids is 1. The predicted molar refractivity (Wildman–Crippen MR) is 112 cm³/mol. The minimum Gasteiger partial charge on any atom is -0.498 e. The summed E-state index contributed by atoms with van der Waals surface area (Å²) in [6.07, 6.45) is 0.518. The molecule has 0 bridgehead atoms. The monoisotopic (exact) mass is 393 g/mol. The average molecular weight is 393 g/mol. The van der Waals surface area contributed by atoms with Crippen molar-refractivity contribution in [1.29, 1.82) is 0 Å². The highest BCUT2D eigenvalue weighted by atomic mass is 16.5. The fourth-order valence-electron chi connectivity index (χ4n) is 3.24. The standard InChI is InChI=1S/C22H23N3O4/c1-24-21(23)16-8-10-17(11-9-16)25-13-18(29-2)20(22(25)28)15-6-3-14(4-7-15)5-12-19(26)27/h3-4,6-11H,5,12-13H2,1-2H3,(H2,23,24)(H,26,27). The van der Waals surface area contributed by atoms with Crippen molar-refractivity contribution in [2.45, 2.75) is 12.8 Å². The van der Waals surface area contributed by atoms with Crippen LogP contribution in [0.1, 0.15) is 23.1 Å². The second kappa shape index (κ2) is 8.60. The van der Waals surface area contributed by atoms with E-state index in [1.54, 1.807) is 19.1 Å². The van der Waals surface area contributed by atoms with Crippen molar-refractivity contribution in [3.05, 3.63) is 71.0 Å². The maximum Gasteiger partial charge on any atom is 0.303 e. The maximum absolute atomic E-state index is 13.1. The Bertz CT molecular complexity index is 976. The summed E-state index contributed by atoms with van der Waals surface area (Å²) in [6.45, 7) is 0.335. The van der Waals surface area contributed by atoms with Crippen molar-refractivity contribution in [3.63, 3.8) is 0 Å². The van der Waals surface area contributed by atoms with Crippen LogP contribution in [-0.4, -0.2) is 43.5 Å². The molecule has 1 amide bonds. The number of ether oxygens (including phenoxy) is 1. The van der Waals surface area contributed by atoms with Crippen molar-refractivity contribution in [2.24, 2.45) is 10.7 Å². The lowest BCUT2D eigenvalue weighted by molar-refractivity contribution is -0.137. The number of carbonyl (C=O) groups is 2. The summed E-state index contributed by atoms with van der Waals surface area (Å²) in [5.41, 5.74) is 9.52. The first-order chi connectivity index (χ1) is 13.9. The first-order valence-corrected chi connectivity index (χ1v) is 9.17. The van der Waals surface area contributed by atoms with E-state index >= 15 is 0 Å². The molecule has 1 aliphatic rings. The van der Waals surface area contributed by atoms with Gasteiger partial charge in [0.1, 0.15) is 11.6 Å². The van der Waals surface area contributed by atoms with E-state index in [0.29, 0.717) is 30.1 Å². The van der Waals surface area contributed by atoms with Crippen molar-refractivity contribution in [1.82, 2.24) is 0 Å². The molecule has 0 aromatic heterocycles. The van der Waals surface area contributed by atoms with E-state index in [0.717, 1.165) is 22.4 Å². The fraction of sp³-hybridized carbons (Fsp3) is 0.227. The van der Waals surface area contributed by atoms with E-state index in [9.17, 15) is 9.59 Å². The molecule has 3 N–H and O–H groups in total. The molecular weight excluding hydrogens is 370 g/mol. The van der Waals surface area contributed by atoms with Gasteiger partial charge in [0.25, 0.3) is 5.91 Å². The Hall–Kier alpha value is -3.61. The fourth-order valence-corrected chi connectivity index (χ4v) is 3.24. The molecule has 0 saturated carbocycles. The van der Waals surface area contributed by atoms with Gasteiger partial charge in [-0.3, -0.25) is 14.6 Å². The number of aliphatic imine (C=N–C) groups is 1. The van der Waals surface area contributed by atoms with Crippen LogP contribution in [0.5, 0.6) is 0 Å². The Morgan fingerprint density at radius 3 is 2.38 bits per heavy atom. The molecule has 0 spiro atoms. The Morgan fingerprint density at radius 1 is 1.17 bits per heavy atom. The van der Waals surface area contributed by atoms with Crippen LogP contribution in [0, 0.1) is 0 Å². The molecule has 7 heteroatoms. The van der Waals surface area contributed by atoms with Crippen molar-refractivity contribution in [3.8, 4) is 0 Å². The van der Waals surface area contributed by atoms with Crippen LogP contribution in [0.2, 0.25) is 0 Å². The molecule has 0 atom stereocenters. The number of rotatable bonds is 7. The van der Waals surface area contributed by atoms with Crippen LogP contribution < -0.4 is 10.6 Å². The summed E-state index contributed by atoms with van der Waals surface area (Å²) < 4.78 is 5.49. The molecular formula is C22H23N3O4. The third-order valence-electron chi connectivity index (χ3n) is 4.87. The van der Waals surface area contributed by atoms with Gasteiger partial charge >= 0.3 is 5.97 Å². The van der Waals surface area contributed by atoms with Crippen LogP contribution in [-0.2, 0) is 20.7 Å². The summed E-state index contributed by atoms with van der Waals surface area (Å²) in [6, 6.07) is 14.7. The first-order valence-electron chi connectivity index (χ1n) is 9.17. The Morgan fingerprint density at radius 2 is 1.83 bits per heavy atom. The third kappa shape index (κ3) is 4.29. The summed E-state index contributed by atoms with van der Waals surface area (Å²) in [7, 11) is 3.18. The maximum atomic E-state index is 13.1. The molecule has 3 rings (SSSR count). The van der Waals surface area contributed by atoms with Crippen LogP contribution >= 0.6 is 0 Å². The number of nitrogens with zero attached hydrogens (tertiary/aromatic N) is 2. The SMILES string of the molecule is CN=C(N)c1ccc(N2CC(OC)=C(c3ccc(CCC(=O)O)cc3)C2=O)cc1. The number of aliphatic carboxylic acids is 1. The summed E-state index contributed by atoms with van der Waals surface area (Å²) >= 11 is 0. The van der Waals surface area contributed by atoms with E-state index in [2.05, 4.69) is 4.99 Å². The molecule has 0 saturated heterocycles. The zero-order valence-corrected chi connectivity index (χ0v) is 16.4. The lowest BCUT2D eigenvalue weighted by Gasteiger charge is -2.17. The highest BCUT2D eigenvalue weighted by molar-refractivity contribution is 6.29. The molecule has 7 nitrogen and oxygen atoms in total. The molecule has 1 heterocycles. The number of anilines is 1. The van der Waals surface area contributed by atoms with Crippen molar-refractivity contribution >= 4 is 29.0 Å². The average Bonchev–Trinajstić information content (AvgIpc) is 3.08. The van der Waals surface area contributed by atoms with E-state index in [1.165, 1.54) is 0 Å². The minimum atomic E-state index is -0.835. The molecule has 150 valence electrons. The number of carboxylic acids is 1. The zero-order chi connectivity index (χ0) is 21.0. The first kappa shape index (κ1) is 20.1. The number of amides is 1. The van der Waals surface area contributed by atoms with Crippen LogP contribution in [0.3, 0.4) is 0 Å². The number of nitrogens with two attached hydrogens (primary N) is 1. The van der Waals surface area contributed by atoms with Gasteiger partial charge in [-0.15, -0.1) is 0 Å². The normalized spacial score (nSPS) is 14.5. The van der Waals surface area contributed by atoms with Gasteiger partial charge in [0.05, 0.1) is 19.2 Å². The van der Waals surface area contributed by atoms with Crippen LogP contribution in [0.25, 0.3) is 5.57 Å². The summed E-state index contributed by atoms with van der Waals surface area (Å²) in [5, 5.41) is 8.81. The van der Waals surface area contributed by atoms with Crippen LogP contribution in [0.4, 0.5) is 5.69 Å². The number of methoxy groups -OCH3 is 1. The molecule has 29 heavy (non-hydrogen) atoms. The molecule has 0 radical (unpaired) electrons. The number of aryl methyl sites for hydroxylation is 1. The number of carboxylic acid groups (broad SMARTS) is 1. The molecule has 0 aliphatic carbocycles. The number of hydrogen-bond donors (Lipinski definition) is 2. The lowest BCUT2D eigenvalue weighted by Crippen LogP contribution is -2.26. The summed E-state index contributed by atoms with van der Waals surface area (Å²) in [5.74, 6) is 0.0405. The quantitative estimate of drug-likeness (QED) is 0.555. The van der Waals surface area contributed by atoms with Gasteiger partial charge in [0, 0.05) is 24.7 Å². The molecule has 0 fully saturated rings. The van der Waals surface area contributed by atoms with E-state index in [4.69, 9.17) is 15.6 Å². The van der Waals surface area contributed by atoms with Gasteiger partial charge in [-0.25, -0.2) is 0 Å². The number of benzene rings is 2. The Kier molecular flexibility index (Phi) is 5.97. The topological polar surface area (TPSA) is 105 Å². The van der Waals surface area contributed by atoms with Gasteiger partial charge < -0.3 is 20.5 Å². The molecule has 2 aromatic rings. The summed E-state index contributed by atoms with van der Waals surface area (Å²) in [4.78, 5) is 29.5. The number of amidine groups is 1. The zero-order valence-electron chi connectivity index (χ0n) is 16.4. The Labute approximate surface area is 169 Å². The highest BCUT2D eigenvalue weighted by Crippen LogP contribution is 2.32. The molecule has 0 unspecified atom stereocenters.